The Bertz CT molecular complexity index is 836. The molecule has 1 aromatic heterocycles. The summed E-state index contributed by atoms with van der Waals surface area (Å²) < 4.78 is 0. The van der Waals surface area contributed by atoms with Crippen molar-refractivity contribution in [3.63, 3.8) is 0 Å². The minimum Gasteiger partial charge on any atom is -0.267 e. The number of aryl methyl sites for hydroxylation is 2. The molecule has 0 spiro atoms. The fourth-order valence-corrected chi connectivity index (χ4v) is 4.06. The third-order valence-electron chi connectivity index (χ3n) is 4.26. The van der Waals surface area contributed by atoms with Gasteiger partial charge in [-0.15, -0.1) is 11.3 Å². The summed E-state index contributed by atoms with van der Waals surface area (Å²) in [5.74, 6) is -0.966. The molecule has 2 amide bonds. The summed E-state index contributed by atoms with van der Waals surface area (Å²) in [6, 6.07) is 6.13. The third-order valence-corrected chi connectivity index (χ3v) is 5.49. The van der Waals surface area contributed by atoms with Gasteiger partial charge in [0, 0.05) is 16.5 Å². The van der Waals surface area contributed by atoms with Crippen LogP contribution in [0, 0.1) is 17.0 Å². The lowest BCUT2D eigenvalue weighted by Gasteiger charge is -2.08. The molecule has 0 saturated carbocycles. The molecule has 0 fully saturated rings. The van der Waals surface area contributed by atoms with Gasteiger partial charge in [-0.1, -0.05) is 6.07 Å². The quantitative estimate of drug-likeness (QED) is 0.650. The third kappa shape index (κ3) is 3.53. The molecule has 1 aliphatic carbocycles. The zero-order chi connectivity index (χ0) is 18.0. The standard InChI is InChI=1S/C17H17N3O4S/c1-10-12(6-4-7-13(10)20(23)24)16(21)18-19-17(22)15-9-11-5-2-3-8-14(11)25-15/h4,6-7,9H,2-3,5,8H2,1H3,(H,18,21)(H,19,22). The summed E-state index contributed by atoms with van der Waals surface area (Å²) >= 11 is 1.45. The van der Waals surface area contributed by atoms with Crippen LogP contribution in [0.2, 0.25) is 0 Å². The Hall–Kier alpha value is -2.74. The van der Waals surface area contributed by atoms with Crippen molar-refractivity contribution in [2.75, 3.05) is 0 Å². The highest BCUT2D eigenvalue weighted by molar-refractivity contribution is 7.14. The number of nitro benzene ring substituents is 1. The number of hydrazine groups is 1. The molecule has 0 saturated heterocycles. The van der Waals surface area contributed by atoms with Crippen molar-refractivity contribution in [1.29, 1.82) is 0 Å². The molecule has 8 heteroatoms. The number of benzene rings is 1. The van der Waals surface area contributed by atoms with Crippen LogP contribution in [0.4, 0.5) is 5.69 Å². The monoisotopic (exact) mass is 359 g/mol. The number of carbonyl (C=O) groups excluding carboxylic acids is 2. The predicted molar refractivity (Wildman–Crippen MR) is 93.7 cm³/mol. The minimum atomic E-state index is -0.587. The van der Waals surface area contributed by atoms with Gasteiger partial charge in [0.25, 0.3) is 17.5 Å². The van der Waals surface area contributed by atoms with Gasteiger partial charge in [0.1, 0.15) is 0 Å². The maximum Gasteiger partial charge on any atom is 0.279 e. The molecule has 7 nitrogen and oxygen atoms in total. The highest BCUT2D eigenvalue weighted by Crippen LogP contribution is 2.29. The van der Waals surface area contributed by atoms with Gasteiger partial charge in [-0.3, -0.25) is 30.6 Å². The highest BCUT2D eigenvalue weighted by atomic mass is 32.1. The van der Waals surface area contributed by atoms with Crippen LogP contribution < -0.4 is 10.9 Å². The summed E-state index contributed by atoms with van der Waals surface area (Å²) in [6.07, 6.45) is 4.25. The second kappa shape index (κ2) is 7.02. The Morgan fingerprint density at radius 2 is 1.88 bits per heavy atom. The number of nitrogens with zero attached hydrogens (tertiary/aromatic N) is 1. The van der Waals surface area contributed by atoms with E-state index in [0.717, 1.165) is 25.7 Å². The van der Waals surface area contributed by atoms with Crippen LogP contribution in [0.5, 0.6) is 0 Å². The van der Waals surface area contributed by atoms with E-state index in [4.69, 9.17) is 0 Å². The van der Waals surface area contributed by atoms with Crippen molar-refractivity contribution in [3.8, 4) is 0 Å². The number of amides is 2. The molecule has 0 aliphatic heterocycles. The summed E-state index contributed by atoms with van der Waals surface area (Å²) in [7, 11) is 0. The van der Waals surface area contributed by atoms with Crippen molar-refractivity contribution in [3.05, 3.63) is 60.8 Å². The molecule has 1 aromatic carbocycles. The Balaban J connectivity index is 1.68. The van der Waals surface area contributed by atoms with E-state index in [0.29, 0.717) is 4.88 Å². The van der Waals surface area contributed by atoms with Gasteiger partial charge in [0.2, 0.25) is 0 Å². The first-order chi connectivity index (χ1) is 12.0. The van der Waals surface area contributed by atoms with E-state index in [9.17, 15) is 19.7 Å². The molecular weight excluding hydrogens is 342 g/mol. The Morgan fingerprint density at radius 3 is 2.60 bits per heavy atom. The molecule has 2 aromatic rings. The van der Waals surface area contributed by atoms with Gasteiger partial charge in [-0.05, 0) is 50.3 Å². The lowest BCUT2D eigenvalue weighted by atomic mass is 9.99. The van der Waals surface area contributed by atoms with Gasteiger partial charge in [0.05, 0.1) is 15.4 Å². The Kier molecular flexibility index (Phi) is 4.80. The van der Waals surface area contributed by atoms with Gasteiger partial charge < -0.3 is 0 Å². The second-order valence-corrected chi connectivity index (χ2v) is 7.02. The summed E-state index contributed by atoms with van der Waals surface area (Å²) in [4.78, 5) is 36.7. The molecule has 0 radical (unpaired) electrons. The van der Waals surface area contributed by atoms with Crippen molar-refractivity contribution in [2.45, 2.75) is 32.6 Å². The summed E-state index contributed by atoms with van der Waals surface area (Å²) in [6.45, 7) is 1.50. The van der Waals surface area contributed by atoms with Crippen molar-refractivity contribution in [1.82, 2.24) is 10.9 Å². The van der Waals surface area contributed by atoms with Crippen LogP contribution in [-0.2, 0) is 12.8 Å². The highest BCUT2D eigenvalue weighted by Gasteiger charge is 2.20. The van der Waals surface area contributed by atoms with E-state index in [1.54, 1.807) is 0 Å². The zero-order valence-electron chi connectivity index (χ0n) is 13.6. The van der Waals surface area contributed by atoms with E-state index in [-0.39, 0.29) is 22.7 Å². The largest absolute Gasteiger partial charge is 0.279 e. The molecule has 2 N–H and O–H groups in total. The zero-order valence-corrected chi connectivity index (χ0v) is 14.4. The molecular formula is C17H17N3O4S. The molecule has 1 aliphatic rings. The lowest BCUT2D eigenvalue weighted by molar-refractivity contribution is -0.385. The minimum absolute atomic E-state index is 0.134. The van der Waals surface area contributed by atoms with Crippen LogP contribution in [0.3, 0.4) is 0 Å². The maximum atomic E-state index is 12.2. The SMILES string of the molecule is Cc1c(C(=O)NNC(=O)c2cc3c(s2)CCCC3)cccc1[N+](=O)[O-]. The Morgan fingerprint density at radius 1 is 1.16 bits per heavy atom. The topological polar surface area (TPSA) is 101 Å². The van der Waals surface area contributed by atoms with Crippen LogP contribution in [0.1, 0.15) is 48.9 Å². The van der Waals surface area contributed by atoms with E-state index in [2.05, 4.69) is 10.9 Å². The van der Waals surface area contributed by atoms with Gasteiger partial charge in [-0.2, -0.15) is 0 Å². The predicted octanol–water partition coefficient (Wildman–Crippen LogP) is 2.92. The number of rotatable bonds is 3. The van der Waals surface area contributed by atoms with E-state index < -0.39 is 10.8 Å². The number of hydrogen-bond acceptors (Lipinski definition) is 5. The van der Waals surface area contributed by atoms with Crippen molar-refractivity contribution >= 4 is 28.8 Å². The maximum absolute atomic E-state index is 12.2. The normalized spacial score (nSPS) is 13.0. The first-order valence-electron chi connectivity index (χ1n) is 7.93. The molecule has 130 valence electrons. The number of thiophene rings is 1. The summed E-state index contributed by atoms with van der Waals surface area (Å²) in [5.41, 5.74) is 6.20. The fraction of sp³-hybridized carbons (Fsp3) is 0.294. The van der Waals surface area contributed by atoms with Gasteiger partial charge >= 0.3 is 0 Å². The molecule has 0 bridgehead atoms. The number of hydrogen-bond donors (Lipinski definition) is 2. The number of nitrogens with one attached hydrogen (secondary N) is 2. The fourth-order valence-electron chi connectivity index (χ4n) is 2.91. The van der Waals surface area contributed by atoms with E-state index >= 15 is 0 Å². The average molecular weight is 359 g/mol. The van der Waals surface area contributed by atoms with Crippen molar-refractivity contribution < 1.29 is 14.5 Å². The Labute approximate surface area is 148 Å². The second-order valence-electron chi connectivity index (χ2n) is 5.88. The van der Waals surface area contributed by atoms with E-state index in [1.165, 1.54) is 46.9 Å². The van der Waals surface area contributed by atoms with Crippen LogP contribution in [0.15, 0.2) is 24.3 Å². The van der Waals surface area contributed by atoms with Crippen LogP contribution in [-0.4, -0.2) is 16.7 Å². The number of nitro groups is 1. The van der Waals surface area contributed by atoms with Crippen LogP contribution >= 0.6 is 11.3 Å². The first-order valence-corrected chi connectivity index (χ1v) is 8.75. The smallest absolute Gasteiger partial charge is 0.267 e. The number of carbonyl (C=O) groups is 2. The molecule has 0 atom stereocenters. The average Bonchev–Trinajstić information content (AvgIpc) is 3.03. The first kappa shape index (κ1) is 17.1. The molecule has 0 unspecified atom stereocenters. The van der Waals surface area contributed by atoms with Gasteiger partial charge in [-0.25, -0.2) is 0 Å². The lowest BCUT2D eigenvalue weighted by Crippen LogP contribution is -2.41. The molecule has 1 heterocycles. The van der Waals surface area contributed by atoms with E-state index in [1.807, 2.05) is 6.07 Å². The van der Waals surface area contributed by atoms with Crippen LogP contribution in [0.25, 0.3) is 0 Å². The molecule has 3 rings (SSSR count). The molecule has 25 heavy (non-hydrogen) atoms. The number of fused-ring (bicyclic) bond motifs is 1. The summed E-state index contributed by atoms with van der Waals surface area (Å²) in [5, 5.41) is 10.9. The van der Waals surface area contributed by atoms with Crippen molar-refractivity contribution in [2.24, 2.45) is 0 Å². The van der Waals surface area contributed by atoms with Gasteiger partial charge in [0.15, 0.2) is 0 Å².